The molecule has 1 aromatic heterocycles. The number of carbonyl (C=O) groups excluding carboxylic acids is 2. The number of imide groups is 1. The summed E-state index contributed by atoms with van der Waals surface area (Å²) in [5.41, 5.74) is 3.55. The Bertz CT molecular complexity index is 1180. The Balaban J connectivity index is 1.31. The summed E-state index contributed by atoms with van der Waals surface area (Å²) in [6.45, 7) is 3.94. The zero-order valence-electron chi connectivity index (χ0n) is 17.1. The Hall–Kier alpha value is -2.37. The van der Waals surface area contributed by atoms with Crippen molar-refractivity contribution in [3.63, 3.8) is 0 Å². The SMILES string of the molecule is Cc1cc(/C=N\N2C(=O)[C@@H]3[C@H]4C=C[C@@H]([C@@H]5C[C@@H]45)[C@H]3C2=O)c(C)n1-c1ccc(Cl)cc1Cl. The van der Waals surface area contributed by atoms with Crippen molar-refractivity contribution in [3.05, 3.63) is 63.4 Å². The van der Waals surface area contributed by atoms with Crippen molar-refractivity contribution in [2.45, 2.75) is 20.3 Å². The number of halogens is 2. The molecule has 158 valence electrons. The molecule has 0 unspecified atom stereocenters. The Morgan fingerprint density at radius 2 is 1.65 bits per heavy atom. The first-order valence-electron chi connectivity index (χ1n) is 10.6. The summed E-state index contributed by atoms with van der Waals surface area (Å²) in [5.74, 6) is 0.811. The number of aromatic nitrogens is 1. The molecule has 2 aromatic rings. The predicted octanol–water partition coefficient (Wildman–Crippen LogP) is 4.79. The fraction of sp³-hybridized carbons (Fsp3) is 0.375. The summed E-state index contributed by atoms with van der Waals surface area (Å²) >= 11 is 12.5. The normalized spacial score (nSPS) is 32.8. The highest BCUT2D eigenvalue weighted by Gasteiger charge is 2.67. The van der Waals surface area contributed by atoms with Gasteiger partial charge in [-0.1, -0.05) is 35.4 Å². The van der Waals surface area contributed by atoms with Crippen LogP contribution < -0.4 is 0 Å². The van der Waals surface area contributed by atoms with Crippen molar-refractivity contribution in [1.29, 1.82) is 0 Å². The molecule has 5 aliphatic rings. The molecular weight excluding hydrogens is 433 g/mol. The molecule has 1 aromatic carbocycles. The van der Waals surface area contributed by atoms with Crippen LogP contribution >= 0.6 is 23.2 Å². The number of allylic oxidation sites excluding steroid dienone is 2. The molecule has 1 aliphatic heterocycles. The maximum atomic E-state index is 13.1. The van der Waals surface area contributed by atoms with Crippen LogP contribution in [0.4, 0.5) is 0 Å². The van der Waals surface area contributed by atoms with E-state index in [4.69, 9.17) is 23.2 Å². The monoisotopic (exact) mass is 453 g/mol. The minimum absolute atomic E-state index is 0.148. The molecule has 1 saturated heterocycles. The van der Waals surface area contributed by atoms with Gasteiger partial charge in [-0.3, -0.25) is 9.59 Å². The molecule has 2 saturated carbocycles. The minimum atomic E-state index is -0.233. The number of aryl methyl sites for hydroxylation is 1. The number of hydrogen-bond acceptors (Lipinski definition) is 3. The number of hydrazone groups is 1. The Kier molecular flexibility index (Phi) is 4.09. The van der Waals surface area contributed by atoms with Crippen LogP contribution in [0.1, 0.15) is 23.4 Å². The van der Waals surface area contributed by atoms with Gasteiger partial charge in [-0.05, 0) is 68.2 Å². The van der Waals surface area contributed by atoms with Crippen LogP contribution in [0.2, 0.25) is 10.0 Å². The Morgan fingerprint density at radius 1 is 1.00 bits per heavy atom. The van der Waals surface area contributed by atoms with Gasteiger partial charge < -0.3 is 4.57 Å². The average Bonchev–Trinajstić information content (AvgIpc) is 3.46. The number of rotatable bonds is 3. The molecule has 2 heterocycles. The van der Waals surface area contributed by atoms with Gasteiger partial charge in [0.2, 0.25) is 0 Å². The van der Waals surface area contributed by atoms with Gasteiger partial charge in [0.1, 0.15) is 0 Å². The maximum Gasteiger partial charge on any atom is 0.254 e. The number of carbonyl (C=O) groups is 2. The third-order valence-corrected chi connectivity index (χ3v) is 8.11. The van der Waals surface area contributed by atoms with Crippen molar-refractivity contribution in [2.75, 3.05) is 0 Å². The molecule has 4 aliphatic carbocycles. The number of hydrogen-bond donors (Lipinski definition) is 0. The lowest BCUT2D eigenvalue weighted by atomic mass is 9.63. The van der Waals surface area contributed by atoms with Crippen molar-refractivity contribution >= 4 is 41.2 Å². The maximum absolute atomic E-state index is 13.1. The predicted molar refractivity (Wildman–Crippen MR) is 119 cm³/mol. The molecule has 3 fully saturated rings. The van der Waals surface area contributed by atoms with Gasteiger partial charge in [0, 0.05) is 22.0 Å². The first kappa shape index (κ1) is 19.3. The van der Waals surface area contributed by atoms with E-state index in [0.29, 0.717) is 21.9 Å². The summed E-state index contributed by atoms with van der Waals surface area (Å²) in [7, 11) is 0. The highest BCUT2D eigenvalue weighted by molar-refractivity contribution is 6.35. The van der Waals surface area contributed by atoms with E-state index < -0.39 is 0 Å². The molecule has 0 spiro atoms. The van der Waals surface area contributed by atoms with E-state index in [-0.39, 0.29) is 35.5 Å². The average molecular weight is 454 g/mol. The van der Waals surface area contributed by atoms with E-state index in [0.717, 1.165) is 34.1 Å². The summed E-state index contributed by atoms with van der Waals surface area (Å²) in [6.07, 6.45) is 7.11. The molecule has 5 nitrogen and oxygen atoms in total. The van der Waals surface area contributed by atoms with Gasteiger partial charge in [-0.25, -0.2) is 0 Å². The van der Waals surface area contributed by atoms with Crippen molar-refractivity contribution < 1.29 is 9.59 Å². The molecule has 2 bridgehead atoms. The van der Waals surface area contributed by atoms with Crippen LogP contribution in [0.3, 0.4) is 0 Å². The van der Waals surface area contributed by atoms with Gasteiger partial charge in [0.05, 0.1) is 28.8 Å². The van der Waals surface area contributed by atoms with Gasteiger partial charge >= 0.3 is 0 Å². The van der Waals surface area contributed by atoms with Gasteiger partial charge in [0.15, 0.2) is 0 Å². The molecular formula is C24H21Cl2N3O2. The Morgan fingerprint density at radius 3 is 2.26 bits per heavy atom. The van der Waals surface area contributed by atoms with Crippen LogP contribution in [0.5, 0.6) is 0 Å². The quantitative estimate of drug-likeness (QED) is 0.381. The molecule has 2 amide bonds. The van der Waals surface area contributed by atoms with E-state index in [2.05, 4.69) is 17.3 Å². The lowest BCUT2D eigenvalue weighted by Crippen LogP contribution is -2.40. The van der Waals surface area contributed by atoms with E-state index in [9.17, 15) is 9.59 Å². The summed E-state index contributed by atoms with van der Waals surface area (Å²) < 4.78 is 2.02. The second kappa shape index (κ2) is 6.57. The van der Waals surface area contributed by atoms with Gasteiger partial charge in [-0.15, -0.1) is 0 Å². The summed E-state index contributed by atoms with van der Waals surface area (Å²) in [4.78, 5) is 26.2. The smallest absolute Gasteiger partial charge is 0.254 e. The second-order valence-corrected chi connectivity index (χ2v) is 9.99. The van der Waals surface area contributed by atoms with Crippen LogP contribution in [0.15, 0.2) is 41.5 Å². The summed E-state index contributed by atoms with van der Waals surface area (Å²) in [6, 6.07) is 7.35. The molecule has 31 heavy (non-hydrogen) atoms. The van der Waals surface area contributed by atoms with Crippen molar-refractivity contribution in [2.24, 2.45) is 40.6 Å². The second-order valence-electron chi connectivity index (χ2n) is 9.15. The highest BCUT2D eigenvalue weighted by Crippen LogP contribution is 2.65. The largest absolute Gasteiger partial charge is 0.316 e. The van der Waals surface area contributed by atoms with E-state index in [1.165, 1.54) is 0 Å². The lowest BCUT2D eigenvalue weighted by molar-refractivity contribution is -0.140. The van der Waals surface area contributed by atoms with E-state index >= 15 is 0 Å². The molecule has 0 radical (unpaired) electrons. The van der Waals surface area contributed by atoms with Crippen LogP contribution in [0, 0.1) is 49.4 Å². The lowest BCUT2D eigenvalue weighted by Gasteiger charge is -2.37. The van der Waals surface area contributed by atoms with Crippen LogP contribution in [0.25, 0.3) is 5.69 Å². The Labute approximate surface area is 190 Å². The minimum Gasteiger partial charge on any atom is -0.316 e. The molecule has 6 atom stereocenters. The highest BCUT2D eigenvalue weighted by atomic mass is 35.5. The number of amides is 2. The first-order chi connectivity index (χ1) is 14.9. The van der Waals surface area contributed by atoms with E-state index in [1.54, 1.807) is 18.3 Å². The van der Waals surface area contributed by atoms with Gasteiger partial charge in [-0.2, -0.15) is 10.1 Å². The van der Waals surface area contributed by atoms with Crippen LogP contribution in [-0.2, 0) is 9.59 Å². The third-order valence-electron chi connectivity index (χ3n) is 7.57. The first-order valence-corrected chi connectivity index (χ1v) is 11.4. The van der Waals surface area contributed by atoms with Gasteiger partial charge in [0.25, 0.3) is 11.8 Å². The number of nitrogens with zero attached hydrogens (tertiary/aromatic N) is 3. The molecule has 0 N–H and O–H groups in total. The molecule has 7 rings (SSSR count). The fourth-order valence-corrected chi connectivity index (χ4v) is 6.62. The fourth-order valence-electron chi connectivity index (χ4n) is 6.13. The third kappa shape index (κ3) is 2.66. The number of benzene rings is 1. The molecule has 7 heteroatoms. The topological polar surface area (TPSA) is 54.7 Å². The van der Waals surface area contributed by atoms with E-state index in [1.807, 2.05) is 30.5 Å². The standard InChI is InChI=1S/C24H21Cl2N3O2/c1-11-7-13(12(2)28(11)20-6-3-14(25)8-19(20)26)10-27-29-23(30)21-15-4-5-16(18-9-17(15)18)22(21)24(29)31/h3-8,10,15-18,21-22H,9H2,1-2H3/b27-10-/t15-,16-,17-,18-,21+,22+/m0/s1. The zero-order valence-corrected chi connectivity index (χ0v) is 18.6. The zero-order chi connectivity index (χ0) is 21.6. The van der Waals surface area contributed by atoms with Crippen molar-refractivity contribution in [3.8, 4) is 5.69 Å². The van der Waals surface area contributed by atoms with Crippen LogP contribution in [-0.4, -0.2) is 27.6 Å². The van der Waals surface area contributed by atoms with Crippen molar-refractivity contribution in [1.82, 2.24) is 9.58 Å². The summed E-state index contributed by atoms with van der Waals surface area (Å²) in [5, 5.41) is 6.62.